The molecule has 3 heterocycles. The summed E-state index contributed by atoms with van der Waals surface area (Å²) in [5.74, 6) is 1.50. The zero-order valence-electron chi connectivity index (χ0n) is 15.5. The first kappa shape index (κ1) is 17.9. The van der Waals surface area contributed by atoms with Crippen LogP contribution in [-0.4, -0.2) is 34.2 Å². The summed E-state index contributed by atoms with van der Waals surface area (Å²) in [5, 5.41) is 6.10. The normalized spacial score (nSPS) is 16.1. The van der Waals surface area contributed by atoms with E-state index in [0.717, 1.165) is 24.6 Å². The number of aryl methyl sites for hydroxylation is 1. The van der Waals surface area contributed by atoms with E-state index in [4.69, 9.17) is 9.47 Å². The van der Waals surface area contributed by atoms with Gasteiger partial charge < -0.3 is 25.1 Å². The summed E-state index contributed by atoms with van der Waals surface area (Å²) in [6.07, 6.45) is -1.78. The van der Waals surface area contributed by atoms with Gasteiger partial charge in [-0.2, -0.15) is 23.1 Å². The molecule has 7 nitrogen and oxygen atoms in total. The van der Waals surface area contributed by atoms with Gasteiger partial charge in [-0.1, -0.05) is 6.07 Å². The van der Waals surface area contributed by atoms with Crippen LogP contribution >= 0.6 is 0 Å². The molecule has 1 aliphatic carbocycles. The number of aromatic amines is 1. The first-order valence-corrected chi connectivity index (χ1v) is 9.29. The summed E-state index contributed by atoms with van der Waals surface area (Å²) in [6, 6.07) is 3.80. The van der Waals surface area contributed by atoms with Gasteiger partial charge in [-0.3, -0.25) is 0 Å². The number of fused-ring (bicyclic) bond motifs is 2. The molecular weight excluding hydrogens is 387 g/mol. The van der Waals surface area contributed by atoms with Crippen molar-refractivity contribution >= 4 is 28.5 Å². The Bertz CT molecular complexity index is 1090. The summed E-state index contributed by atoms with van der Waals surface area (Å²) in [5.41, 5.74) is 0.837. The lowest BCUT2D eigenvalue weighted by molar-refractivity contribution is -0.136. The summed E-state index contributed by atoms with van der Waals surface area (Å²) in [6.45, 7) is 2.78. The average Bonchev–Trinajstić information content (AvgIpc) is 3.38. The second-order valence-corrected chi connectivity index (χ2v) is 7.15. The third-order valence-corrected chi connectivity index (χ3v) is 4.89. The minimum atomic E-state index is -4.50. The molecule has 2 aromatic heterocycles. The molecule has 10 heteroatoms. The van der Waals surface area contributed by atoms with Gasteiger partial charge in [0.05, 0.1) is 16.6 Å². The van der Waals surface area contributed by atoms with Crippen LogP contribution in [0, 0.1) is 6.92 Å². The van der Waals surface area contributed by atoms with Gasteiger partial charge >= 0.3 is 6.18 Å². The standard InChI is InChI=1S/C19H18F3N5O2/c1-9-2-5-12(15-14(9)28-6-7-29-15)25-18-26-16-13(11(8-23-16)19(20,21)22)17(27-18)24-10-3-4-10/h2,5,8,10H,3-4,6-7H2,1H3,(H3,23,24,25,26,27). The molecule has 0 amide bonds. The number of hydrogen-bond donors (Lipinski definition) is 3. The highest BCUT2D eigenvalue weighted by Gasteiger charge is 2.36. The second-order valence-electron chi connectivity index (χ2n) is 7.15. The molecule has 1 aromatic carbocycles. The van der Waals surface area contributed by atoms with Gasteiger partial charge in [0, 0.05) is 12.2 Å². The highest BCUT2D eigenvalue weighted by atomic mass is 19.4. The van der Waals surface area contributed by atoms with Crippen LogP contribution in [0.2, 0.25) is 0 Å². The SMILES string of the molecule is Cc1ccc(Nc2nc(NC3CC3)c3c(C(F)(F)F)c[nH]c3n2)c2c1OCCO2. The Hall–Kier alpha value is -3.17. The first-order chi connectivity index (χ1) is 13.9. The van der Waals surface area contributed by atoms with E-state index in [1.165, 1.54) is 0 Å². The number of rotatable bonds is 4. The van der Waals surface area contributed by atoms with Crippen LogP contribution < -0.4 is 20.1 Å². The fourth-order valence-corrected chi connectivity index (χ4v) is 3.33. The van der Waals surface area contributed by atoms with E-state index < -0.39 is 11.7 Å². The largest absolute Gasteiger partial charge is 0.486 e. The van der Waals surface area contributed by atoms with Crippen LogP contribution in [0.1, 0.15) is 24.0 Å². The molecule has 0 bridgehead atoms. The Morgan fingerprint density at radius 3 is 2.59 bits per heavy atom. The molecule has 0 spiro atoms. The number of ether oxygens (including phenoxy) is 2. The quantitative estimate of drug-likeness (QED) is 0.598. The molecule has 0 unspecified atom stereocenters. The molecule has 1 saturated carbocycles. The van der Waals surface area contributed by atoms with Crippen LogP contribution in [-0.2, 0) is 6.18 Å². The minimum absolute atomic E-state index is 0.0551. The summed E-state index contributed by atoms with van der Waals surface area (Å²) in [7, 11) is 0. The maximum atomic E-state index is 13.4. The molecule has 5 rings (SSSR count). The Kier molecular flexibility index (Phi) is 3.97. The second kappa shape index (κ2) is 6.43. The number of H-pyrrole nitrogens is 1. The van der Waals surface area contributed by atoms with Crippen LogP contribution in [0.3, 0.4) is 0 Å². The molecule has 0 atom stereocenters. The molecule has 29 heavy (non-hydrogen) atoms. The average molecular weight is 405 g/mol. The van der Waals surface area contributed by atoms with Crippen molar-refractivity contribution in [2.45, 2.75) is 32.0 Å². The van der Waals surface area contributed by atoms with E-state index in [9.17, 15) is 13.2 Å². The monoisotopic (exact) mass is 405 g/mol. The van der Waals surface area contributed by atoms with Crippen LogP contribution in [0.15, 0.2) is 18.3 Å². The van der Waals surface area contributed by atoms with Crippen molar-refractivity contribution in [3.63, 3.8) is 0 Å². The zero-order chi connectivity index (χ0) is 20.2. The lowest BCUT2D eigenvalue weighted by Gasteiger charge is -2.23. The molecular formula is C19H18F3N5O2. The van der Waals surface area contributed by atoms with Crippen molar-refractivity contribution in [1.82, 2.24) is 15.0 Å². The van der Waals surface area contributed by atoms with E-state index in [1.807, 2.05) is 13.0 Å². The summed E-state index contributed by atoms with van der Waals surface area (Å²) < 4.78 is 51.6. The van der Waals surface area contributed by atoms with Crippen molar-refractivity contribution in [2.24, 2.45) is 0 Å². The summed E-state index contributed by atoms with van der Waals surface area (Å²) >= 11 is 0. The number of anilines is 3. The topological polar surface area (TPSA) is 84.1 Å². The molecule has 3 aromatic rings. The van der Waals surface area contributed by atoms with Gasteiger partial charge in [-0.15, -0.1) is 0 Å². The van der Waals surface area contributed by atoms with E-state index >= 15 is 0 Å². The van der Waals surface area contributed by atoms with Crippen LogP contribution in [0.5, 0.6) is 11.5 Å². The number of aromatic nitrogens is 3. The maximum absolute atomic E-state index is 13.4. The smallest absolute Gasteiger partial charge is 0.418 e. The third kappa shape index (κ3) is 3.28. The number of nitrogens with one attached hydrogen (secondary N) is 3. The number of halogens is 3. The predicted octanol–water partition coefficient (Wildman–Crippen LogP) is 4.37. The summed E-state index contributed by atoms with van der Waals surface area (Å²) in [4.78, 5) is 11.2. The van der Waals surface area contributed by atoms with E-state index in [1.54, 1.807) is 6.07 Å². The molecule has 3 N–H and O–H groups in total. The minimum Gasteiger partial charge on any atom is -0.486 e. The third-order valence-electron chi connectivity index (χ3n) is 4.89. The Labute approximate surface area is 163 Å². The predicted molar refractivity (Wildman–Crippen MR) is 101 cm³/mol. The lowest BCUT2D eigenvalue weighted by atomic mass is 10.1. The van der Waals surface area contributed by atoms with Gasteiger partial charge in [0.1, 0.15) is 24.7 Å². The van der Waals surface area contributed by atoms with Gasteiger partial charge in [-0.25, -0.2) is 0 Å². The van der Waals surface area contributed by atoms with Crippen molar-refractivity contribution in [2.75, 3.05) is 23.8 Å². The molecule has 0 radical (unpaired) electrons. The van der Waals surface area contributed by atoms with Gasteiger partial charge in [-0.05, 0) is 31.4 Å². The fraction of sp³-hybridized carbons (Fsp3) is 0.368. The lowest BCUT2D eigenvalue weighted by Crippen LogP contribution is -2.17. The van der Waals surface area contributed by atoms with Crippen molar-refractivity contribution in [3.8, 4) is 11.5 Å². The van der Waals surface area contributed by atoms with Gasteiger partial charge in [0.25, 0.3) is 0 Å². The number of benzene rings is 1. The molecule has 0 saturated heterocycles. The fourth-order valence-electron chi connectivity index (χ4n) is 3.33. The highest BCUT2D eigenvalue weighted by Crippen LogP contribution is 2.42. The van der Waals surface area contributed by atoms with Crippen molar-refractivity contribution in [1.29, 1.82) is 0 Å². The Morgan fingerprint density at radius 1 is 1.10 bits per heavy atom. The Morgan fingerprint density at radius 2 is 1.86 bits per heavy atom. The van der Waals surface area contributed by atoms with E-state index in [-0.39, 0.29) is 28.8 Å². The van der Waals surface area contributed by atoms with E-state index in [0.29, 0.717) is 30.4 Å². The molecule has 1 fully saturated rings. The zero-order valence-corrected chi connectivity index (χ0v) is 15.5. The number of hydrogen-bond acceptors (Lipinski definition) is 6. The van der Waals surface area contributed by atoms with Crippen molar-refractivity contribution < 1.29 is 22.6 Å². The van der Waals surface area contributed by atoms with Crippen LogP contribution in [0.25, 0.3) is 11.0 Å². The molecule has 152 valence electrons. The number of alkyl halides is 3. The van der Waals surface area contributed by atoms with Gasteiger partial charge in [0.2, 0.25) is 5.95 Å². The number of nitrogens with zero attached hydrogens (tertiary/aromatic N) is 2. The van der Waals surface area contributed by atoms with Crippen LogP contribution in [0.4, 0.5) is 30.6 Å². The van der Waals surface area contributed by atoms with Crippen molar-refractivity contribution in [3.05, 3.63) is 29.5 Å². The highest BCUT2D eigenvalue weighted by molar-refractivity contribution is 5.92. The molecule has 1 aliphatic heterocycles. The maximum Gasteiger partial charge on any atom is 0.418 e. The van der Waals surface area contributed by atoms with Gasteiger partial charge in [0.15, 0.2) is 11.5 Å². The van der Waals surface area contributed by atoms with E-state index in [2.05, 4.69) is 25.6 Å². The Balaban J connectivity index is 1.58. The first-order valence-electron chi connectivity index (χ1n) is 9.29. The molecule has 2 aliphatic rings.